The molecular formula is C15H23ClN4O. The van der Waals surface area contributed by atoms with Crippen LogP contribution in [0.25, 0.3) is 0 Å². The van der Waals surface area contributed by atoms with E-state index in [9.17, 15) is 4.79 Å². The van der Waals surface area contributed by atoms with Crippen LogP contribution in [0.1, 0.15) is 31.2 Å². The number of nitrogens with one attached hydrogen (secondary N) is 2. The molecule has 0 bridgehead atoms. The fourth-order valence-electron chi connectivity index (χ4n) is 2.91. The molecule has 1 aromatic rings. The van der Waals surface area contributed by atoms with Gasteiger partial charge in [0.2, 0.25) is 5.91 Å². The Hall–Kier alpha value is -1.33. The van der Waals surface area contributed by atoms with Gasteiger partial charge in [0.15, 0.2) is 0 Å². The number of rotatable bonds is 4. The first-order valence-corrected chi connectivity index (χ1v) is 7.54. The van der Waals surface area contributed by atoms with Gasteiger partial charge >= 0.3 is 0 Å². The molecule has 0 aromatic carbocycles. The summed E-state index contributed by atoms with van der Waals surface area (Å²) in [5.41, 5.74) is 1.12. The highest BCUT2D eigenvalue weighted by Crippen LogP contribution is 2.18. The van der Waals surface area contributed by atoms with Crippen molar-refractivity contribution in [1.82, 2.24) is 15.6 Å². The van der Waals surface area contributed by atoms with E-state index >= 15 is 0 Å². The van der Waals surface area contributed by atoms with E-state index in [1.807, 2.05) is 12.3 Å². The van der Waals surface area contributed by atoms with E-state index in [-0.39, 0.29) is 24.4 Å². The average Bonchev–Trinajstić information content (AvgIpc) is 3.17. The van der Waals surface area contributed by atoms with Crippen LogP contribution < -0.4 is 15.5 Å². The summed E-state index contributed by atoms with van der Waals surface area (Å²) in [5.74, 6) is 1.15. The summed E-state index contributed by atoms with van der Waals surface area (Å²) < 4.78 is 0. The molecule has 0 spiro atoms. The maximum Gasteiger partial charge on any atom is 0.237 e. The Morgan fingerprint density at radius 2 is 2.19 bits per heavy atom. The number of amides is 1. The first-order valence-electron chi connectivity index (χ1n) is 7.54. The van der Waals surface area contributed by atoms with E-state index in [2.05, 4.69) is 26.6 Å². The Bertz CT molecular complexity index is 470. The molecule has 0 aliphatic carbocycles. The first-order chi connectivity index (χ1) is 9.83. The fourth-order valence-corrected chi connectivity index (χ4v) is 2.91. The van der Waals surface area contributed by atoms with Crippen molar-refractivity contribution in [2.45, 2.75) is 38.3 Å². The Balaban J connectivity index is 0.00000161. The second-order valence-electron chi connectivity index (χ2n) is 5.58. The summed E-state index contributed by atoms with van der Waals surface area (Å²) in [4.78, 5) is 18.7. The molecule has 0 radical (unpaired) electrons. The lowest BCUT2D eigenvalue weighted by Gasteiger charge is -2.17. The standard InChI is InChI=1S/C15H22N4O.ClH/c20-15(13-4-3-6-16-13)18-11-12-5-7-17-14(10-12)19-8-1-2-9-19;/h5,7,10,13,16H,1-4,6,8-9,11H2,(H,18,20);1H. The minimum atomic E-state index is -0.00473. The number of hydrogen-bond acceptors (Lipinski definition) is 4. The molecule has 1 unspecified atom stereocenters. The monoisotopic (exact) mass is 310 g/mol. The third-order valence-corrected chi connectivity index (χ3v) is 4.08. The lowest BCUT2D eigenvalue weighted by molar-refractivity contribution is -0.122. The average molecular weight is 311 g/mol. The van der Waals surface area contributed by atoms with Gasteiger partial charge in [-0.3, -0.25) is 4.79 Å². The number of aromatic nitrogens is 1. The highest BCUT2D eigenvalue weighted by molar-refractivity contribution is 5.85. The highest BCUT2D eigenvalue weighted by atomic mass is 35.5. The number of carbonyl (C=O) groups excluding carboxylic acids is 1. The lowest BCUT2D eigenvalue weighted by Crippen LogP contribution is -2.40. The zero-order valence-electron chi connectivity index (χ0n) is 12.2. The van der Waals surface area contributed by atoms with Crippen LogP contribution in [0.3, 0.4) is 0 Å². The van der Waals surface area contributed by atoms with Crippen molar-refractivity contribution in [2.75, 3.05) is 24.5 Å². The van der Waals surface area contributed by atoms with Crippen LogP contribution in [0.4, 0.5) is 5.82 Å². The summed E-state index contributed by atoms with van der Waals surface area (Å²) >= 11 is 0. The Labute approximate surface area is 131 Å². The van der Waals surface area contributed by atoms with Gasteiger partial charge in [-0.05, 0) is 49.9 Å². The second-order valence-corrected chi connectivity index (χ2v) is 5.58. The predicted octanol–water partition coefficient (Wildman–Crippen LogP) is 1.47. The summed E-state index contributed by atoms with van der Waals surface area (Å²) in [7, 11) is 0. The van der Waals surface area contributed by atoms with Crippen LogP contribution >= 0.6 is 12.4 Å². The molecule has 1 aromatic heterocycles. The van der Waals surface area contributed by atoms with E-state index in [0.717, 1.165) is 43.9 Å². The molecule has 2 N–H and O–H groups in total. The van der Waals surface area contributed by atoms with Gasteiger partial charge in [-0.25, -0.2) is 4.98 Å². The highest BCUT2D eigenvalue weighted by Gasteiger charge is 2.21. The van der Waals surface area contributed by atoms with E-state index in [1.165, 1.54) is 12.8 Å². The molecule has 2 aliphatic rings. The third kappa shape index (κ3) is 4.08. The van der Waals surface area contributed by atoms with Gasteiger partial charge in [-0.1, -0.05) is 0 Å². The summed E-state index contributed by atoms with van der Waals surface area (Å²) in [5, 5.41) is 6.23. The normalized spacial score (nSPS) is 21.1. The zero-order chi connectivity index (χ0) is 13.8. The molecule has 5 nitrogen and oxygen atoms in total. The molecule has 0 saturated carbocycles. The fraction of sp³-hybridized carbons (Fsp3) is 0.600. The topological polar surface area (TPSA) is 57.3 Å². The van der Waals surface area contributed by atoms with Crippen molar-refractivity contribution in [3.8, 4) is 0 Å². The van der Waals surface area contributed by atoms with Crippen molar-refractivity contribution in [3.63, 3.8) is 0 Å². The van der Waals surface area contributed by atoms with Gasteiger partial charge in [0.1, 0.15) is 5.82 Å². The Kier molecular flexibility index (Phi) is 5.82. The molecular weight excluding hydrogens is 288 g/mol. The molecule has 116 valence electrons. The lowest BCUT2D eigenvalue weighted by atomic mass is 10.2. The molecule has 1 amide bonds. The van der Waals surface area contributed by atoms with Gasteiger partial charge in [-0.15, -0.1) is 12.4 Å². The van der Waals surface area contributed by atoms with Crippen molar-refractivity contribution in [1.29, 1.82) is 0 Å². The molecule has 3 heterocycles. The van der Waals surface area contributed by atoms with Crippen molar-refractivity contribution < 1.29 is 4.79 Å². The van der Waals surface area contributed by atoms with Crippen molar-refractivity contribution in [3.05, 3.63) is 23.9 Å². The predicted molar refractivity (Wildman–Crippen MR) is 85.8 cm³/mol. The SMILES string of the molecule is Cl.O=C(NCc1ccnc(N2CCCC2)c1)C1CCCN1. The zero-order valence-corrected chi connectivity index (χ0v) is 13.0. The smallest absolute Gasteiger partial charge is 0.237 e. The first kappa shape index (κ1) is 16.0. The van der Waals surface area contributed by atoms with E-state index < -0.39 is 0 Å². The number of halogens is 1. The maximum atomic E-state index is 12.0. The second kappa shape index (κ2) is 7.61. The Morgan fingerprint density at radius 3 is 2.90 bits per heavy atom. The molecule has 6 heteroatoms. The third-order valence-electron chi connectivity index (χ3n) is 4.08. The molecule has 21 heavy (non-hydrogen) atoms. The largest absolute Gasteiger partial charge is 0.357 e. The number of pyridine rings is 1. The van der Waals surface area contributed by atoms with Gasteiger partial charge in [0, 0.05) is 25.8 Å². The van der Waals surface area contributed by atoms with Gasteiger partial charge in [0.25, 0.3) is 0 Å². The van der Waals surface area contributed by atoms with Gasteiger partial charge in [-0.2, -0.15) is 0 Å². The summed E-state index contributed by atoms with van der Waals surface area (Å²) in [6, 6.07) is 4.06. The molecule has 2 saturated heterocycles. The number of anilines is 1. The minimum Gasteiger partial charge on any atom is -0.357 e. The van der Waals surface area contributed by atoms with Gasteiger partial charge < -0.3 is 15.5 Å². The summed E-state index contributed by atoms with van der Waals surface area (Å²) in [6.45, 7) is 3.72. The van der Waals surface area contributed by atoms with E-state index in [1.54, 1.807) is 0 Å². The van der Waals surface area contributed by atoms with Crippen LogP contribution in [-0.2, 0) is 11.3 Å². The number of hydrogen-bond donors (Lipinski definition) is 2. The van der Waals surface area contributed by atoms with Crippen LogP contribution in [0.5, 0.6) is 0 Å². The van der Waals surface area contributed by atoms with Crippen LogP contribution in [0.2, 0.25) is 0 Å². The van der Waals surface area contributed by atoms with Crippen molar-refractivity contribution in [2.24, 2.45) is 0 Å². The number of carbonyl (C=O) groups is 1. The van der Waals surface area contributed by atoms with Crippen molar-refractivity contribution >= 4 is 24.1 Å². The molecule has 1 atom stereocenters. The van der Waals surface area contributed by atoms with Crippen LogP contribution in [0, 0.1) is 0 Å². The molecule has 2 aliphatic heterocycles. The van der Waals surface area contributed by atoms with Crippen LogP contribution in [0.15, 0.2) is 18.3 Å². The minimum absolute atomic E-state index is 0. The Morgan fingerprint density at radius 1 is 1.38 bits per heavy atom. The quantitative estimate of drug-likeness (QED) is 0.884. The maximum absolute atomic E-state index is 12.0. The molecule has 3 rings (SSSR count). The molecule has 2 fully saturated rings. The summed E-state index contributed by atoms with van der Waals surface area (Å²) in [6.07, 6.45) is 6.36. The van der Waals surface area contributed by atoms with E-state index in [4.69, 9.17) is 0 Å². The van der Waals surface area contributed by atoms with Crippen LogP contribution in [-0.4, -0.2) is 36.6 Å². The van der Waals surface area contributed by atoms with E-state index in [0.29, 0.717) is 6.54 Å². The van der Waals surface area contributed by atoms with Gasteiger partial charge in [0.05, 0.1) is 6.04 Å². The number of nitrogens with zero attached hydrogens (tertiary/aromatic N) is 2.